The predicted octanol–water partition coefficient (Wildman–Crippen LogP) is 3.56. The van der Waals surface area contributed by atoms with Gasteiger partial charge in [0.05, 0.1) is 5.56 Å². The van der Waals surface area contributed by atoms with Crippen molar-refractivity contribution in [3.05, 3.63) is 95.1 Å². The second-order valence-electron chi connectivity index (χ2n) is 10.5. The van der Waals surface area contributed by atoms with Gasteiger partial charge in [0.1, 0.15) is 12.1 Å². The van der Waals surface area contributed by atoms with Crippen LogP contribution in [0.4, 0.5) is 0 Å². The van der Waals surface area contributed by atoms with E-state index in [-0.39, 0.29) is 23.7 Å². The smallest absolute Gasteiger partial charge is 0.263 e. The number of likely N-dealkylation sites (N-methyl/N-ethyl adjacent to an activating group) is 1. The van der Waals surface area contributed by atoms with Crippen LogP contribution in [0.3, 0.4) is 0 Å². The number of carbonyl (C=O) groups excluding carboxylic acids is 4. The van der Waals surface area contributed by atoms with Gasteiger partial charge in [0, 0.05) is 31.6 Å². The zero-order chi connectivity index (χ0) is 29.7. The van der Waals surface area contributed by atoms with E-state index in [1.807, 2.05) is 62.5 Å². The Kier molecular flexibility index (Phi) is 8.83. The summed E-state index contributed by atoms with van der Waals surface area (Å²) in [5.41, 5.74) is 3.27. The molecule has 2 N–H and O–H groups in total. The molecule has 3 amide bonds. The molecule has 2 unspecified atom stereocenters. The molecule has 0 aliphatic heterocycles. The van der Waals surface area contributed by atoms with Crippen molar-refractivity contribution in [1.82, 2.24) is 20.7 Å². The van der Waals surface area contributed by atoms with Crippen LogP contribution in [0, 0.1) is 17.4 Å². The van der Waals surface area contributed by atoms with E-state index in [9.17, 15) is 24.4 Å². The number of benzene rings is 3. The molecule has 0 spiro atoms. The molecule has 1 aliphatic carbocycles. The fourth-order valence-electron chi connectivity index (χ4n) is 4.96. The minimum absolute atomic E-state index is 0.0618. The summed E-state index contributed by atoms with van der Waals surface area (Å²) in [6.07, 6.45) is 2.38. The lowest BCUT2D eigenvalue weighted by Crippen LogP contribution is -2.56. The second kappa shape index (κ2) is 12.5. The second-order valence-corrected chi connectivity index (χ2v) is 10.5. The summed E-state index contributed by atoms with van der Waals surface area (Å²) >= 11 is 0. The van der Waals surface area contributed by atoms with Gasteiger partial charge in [-0.05, 0) is 35.1 Å². The van der Waals surface area contributed by atoms with E-state index < -0.39 is 29.8 Å². The van der Waals surface area contributed by atoms with Gasteiger partial charge in [-0.2, -0.15) is 5.26 Å². The topological polar surface area (TPSA) is 123 Å². The molecule has 3 aromatic carbocycles. The van der Waals surface area contributed by atoms with Gasteiger partial charge in [0.25, 0.3) is 11.8 Å². The normalized spacial score (nSPS) is 12.9. The summed E-state index contributed by atoms with van der Waals surface area (Å²) in [5, 5.41) is 17.1. The number of nitrogens with one attached hydrogen (secondary N) is 2. The molecule has 0 saturated heterocycles. The molecule has 0 heterocycles. The van der Waals surface area contributed by atoms with Gasteiger partial charge in [-0.25, -0.2) is 10.0 Å². The fraction of sp³-hybridized carbons (Fsp3) is 0.281. The summed E-state index contributed by atoms with van der Waals surface area (Å²) in [4.78, 5) is 53.9. The van der Waals surface area contributed by atoms with Crippen molar-refractivity contribution in [2.24, 2.45) is 5.92 Å². The van der Waals surface area contributed by atoms with Crippen LogP contribution in [-0.2, 0) is 16.0 Å². The third-order valence-corrected chi connectivity index (χ3v) is 7.14. The van der Waals surface area contributed by atoms with Crippen LogP contribution in [0.5, 0.6) is 0 Å². The van der Waals surface area contributed by atoms with Gasteiger partial charge in [0.15, 0.2) is 12.0 Å². The number of ketones is 1. The number of nitriles is 1. The number of hydrazine groups is 1. The highest BCUT2D eigenvalue weighted by Crippen LogP contribution is 2.38. The molecule has 41 heavy (non-hydrogen) atoms. The van der Waals surface area contributed by atoms with Crippen molar-refractivity contribution < 1.29 is 19.2 Å². The summed E-state index contributed by atoms with van der Waals surface area (Å²) < 4.78 is 0. The van der Waals surface area contributed by atoms with E-state index in [4.69, 9.17) is 0 Å². The average Bonchev–Trinajstić information content (AvgIpc) is 3.27. The van der Waals surface area contributed by atoms with Crippen LogP contribution in [0.25, 0.3) is 11.1 Å². The van der Waals surface area contributed by atoms with Crippen molar-refractivity contribution in [1.29, 1.82) is 5.26 Å². The minimum atomic E-state index is -1.04. The van der Waals surface area contributed by atoms with Crippen LogP contribution in [0.1, 0.15) is 52.1 Å². The average molecular weight is 552 g/mol. The molecule has 9 heteroatoms. The summed E-state index contributed by atoms with van der Waals surface area (Å²) in [6.45, 7) is 3.85. The highest BCUT2D eigenvalue weighted by Gasteiger charge is 2.34. The molecule has 0 radical (unpaired) electrons. The number of fused-ring (bicyclic) bond motifs is 3. The third kappa shape index (κ3) is 6.28. The van der Waals surface area contributed by atoms with Gasteiger partial charge in [0.2, 0.25) is 5.91 Å². The number of hydrogen-bond donors (Lipinski definition) is 2. The van der Waals surface area contributed by atoms with E-state index in [0.29, 0.717) is 23.1 Å². The van der Waals surface area contributed by atoms with Gasteiger partial charge in [-0.15, -0.1) is 0 Å². The molecule has 4 rings (SSSR count). The monoisotopic (exact) mass is 551 g/mol. The first-order valence-corrected chi connectivity index (χ1v) is 13.5. The summed E-state index contributed by atoms with van der Waals surface area (Å²) in [6, 6.07) is 19.6. The first-order chi connectivity index (χ1) is 19.6. The molecule has 210 valence electrons. The van der Waals surface area contributed by atoms with Gasteiger partial charge in [-0.1, -0.05) is 80.6 Å². The SMILES string of the molecule is CC(C)CC(NC(=O)C(Cc1ccccc1)NC(=O)c1cccc2c1C(=O)c1ccccc1-2)C(=O)N(C)N(C)C#N. The number of nitrogens with zero attached hydrogens (tertiary/aromatic N) is 3. The van der Waals surface area contributed by atoms with Crippen molar-refractivity contribution in [3.63, 3.8) is 0 Å². The molecular weight excluding hydrogens is 518 g/mol. The van der Waals surface area contributed by atoms with E-state index in [1.165, 1.54) is 14.1 Å². The maximum absolute atomic E-state index is 13.7. The molecule has 0 fully saturated rings. The Morgan fingerprint density at radius 3 is 2.12 bits per heavy atom. The van der Waals surface area contributed by atoms with E-state index >= 15 is 0 Å². The van der Waals surface area contributed by atoms with Crippen LogP contribution < -0.4 is 10.6 Å². The first-order valence-electron chi connectivity index (χ1n) is 13.5. The van der Waals surface area contributed by atoms with E-state index in [1.54, 1.807) is 30.3 Å². The Morgan fingerprint density at radius 1 is 0.829 bits per heavy atom. The molecule has 0 saturated carbocycles. The maximum Gasteiger partial charge on any atom is 0.263 e. The van der Waals surface area contributed by atoms with Crippen LogP contribution in [-0.4, -0.2) is 59.7 Å². The molecule has 9 nitrogen and oxygen atoms in total. The fourth-order valence-corrected chi connectivity index (χ4v) is 4.96. The Labute approximate surface area is 239 Å². The lowest BCUT2D eigenvalue weighted by molar-refractivity contribution is -0.144. The number of hydrogen-bond acceptors (Lipinski definition) is 6. The third-order valence-electron chi connectivity index (χ3n) is 7.14. The molecule has 0 bridgehead atoms. The van der Waals surface area contributed by atoms with Crippen LogP contribution >= 0.6 is 0 Å². The Balaban J connectivity index is 1.63. The predicted molar refractivity (Wildman–Crippen MR) is 154 cm³/mol. The van der Waals surface area contributed by atoms with Crippen molar-refractivity contribution in [2.75, 3.05) is 14.1 Å². The van der Waals surface area contributed by atoms with Gasteiger partial charge >= 0.3 is 0 Å². The van der Waals surface area contributed by atoms with Gasteiger partial charge in [-0.3, -0.25) is 19.2 Å². The quantitative estimate of drug-likeness (QED) is 0.177. The minimum Gasteiger partial charge on any atom is -0.342 e. The zero-order valence-corrected chi connectivity index (χ0v) is 23.5. The summed E-state index contributed by atoms with van der Waals surface area (Å²) in [5.74, 6) is -1.74. The largest absolute Gasteiger partial charge is 0.342 e. The molecule has 1 aliphatic rings. The first kappa shape index (κ1) is 29.0. The van der Waals surface area contributed by atoms with Crippen molar-refractivity contribution in [2.45, 2.75) is 38.8 Å². The Bertz CT molecular complexity index is 1510. The van der Waals surface area contributed by atoms with E-state index in [2.05, 4.69) is 10.6 Å². The van der Waals surface area contributed by atoms with Gasteiger partial charge < -0.3 is 10.6 Å². The van der Waals surface area contributed by atoms with Crippen LogP contribution in [0.15, 0.2) is 72.8 Å². The lowest BCUT2D eigenvalue weighted by Gasteiger charge is -2.30. The highest BCUT2D eigenvalue weighted by atomic mass is 16.2. The Morgan fingerprint density at radius 2 is 1.46 bits per heavy atom. The Hall–Kier alpha value is -4.97. The molecular formula is C32H33N5O4. The maximum atomic E-state index is 13.7. The number of carbonyl (C=O) groups is 4. The molecule has 3 aromatic rings. The van der Waals surface area contributed by atoms with Crippen molar-refractivity contribution in [3.8, 4) is 17.3 Å². The standard InChI is InChI=1S/C32H33N5O4/c1-20(2)17-27(32(41)37(4)36(3)19-33)35-31(40)26(18-21-11-6-5-7-12-21)34-30(39)25-16-10-15-23-22-13-8-9-14-24(22)29(38)28(23)25/h5-16,20,26-27H,17-18H2,1-4H3,(H,34,39)(H,35,40). The summed E-state index contributed by atoms with van der Waals surface area (Å²) in [7, 11) is 2.90. The van der Waals surface area contributed by atoms with Crippen LogP contribution in [0.2, 0.25) is 0 Å². The molecule has 2 atom stereocenters. The van der Waals surface area contributed by atoms with Crippen molar-refractivity contribution >= 4 is 23.5 Å². The lowest BCUT2D eigenvalue weighted by atomic mass is 9.98. The number of amides is 3. The van der Waals surface area contributed by atoms with E-state index in [0.717, 1.165) is 21.1 Å². The molecule has 0 aromatic heterocycles. The number of rotatable bonds is 10. The zero-order valence-electron chi connectivity index (χ0n) is 23.5. The highest BCUT2D eigenvalue weighted by molar-refractivity contribution is 6.25.